The number of rotatable bonds is 7. The van der Waals surface area contributed by atoms with Gasteiger partial charge in [0.1, 0.15) is 0 Å². The van der Waals surface area contributed by atoms with Crippen molar-refractivity contribution in [1.29, 1.82) is 0 Å². The van der Waals surface area contributed by atoms with Gasteiger partial charge < -0.3 is 15.3 Å². The lowest BCUT2D eigenvalue weighted by atomic mass is 9.97. The number of nitrogens with one attached hydrogen (secondary N) is 1. The van der Waals surface area contributed by atoms with Crippen molar-refractivity contribution < 1.29 is 14.7 Å². The maximum atomic E-state index is 11.8. The molecule has 0 saturated heterocycles. The minimum absolute atomic E-state index is 0.172. The molecule has 1 aliphatic carbocycles. The van der Waals surface area contributed by atoms with E-state index in [2.05, 4.69) is 12.2 Å². The molecule has 5 nitrogen and oxygen atoms in total. The fourth-order valence-corrected chi connectivity index (χ4v) is 2.27. The Hall–Kier alpha value is -1.26. The van der Waals surface area contributed by atoms with Crippen LogP contribution >= 0.6 is 0 Å². The van der Waals surface area contributed by atoms with Crippen LogP contribution in [-0.2, 0) is 4.79 Å². The van der Waals surface area contributed by atoms with Gasteiger partial charge in [-0.25, -0.2) is 4.79 Å². The number of hydrogen-bond donors (Lipinski definition) is 2. The highest BCUT2D eigenvalue weighted by molar-refractivity contribution is 5.75. The van der Waals surface area contributed by atoms with Crippen LogP contribution in [0.1, 0.15) is 33.6 Å². The maximum absolute atomic E-state index is 11.8. The number of aliphatic carboxylic acids is 1. The molecular weight excluding hydrogens is 244 g/mol. The summed E-state index contributed by atoms with van der Waals surface area (Å²) in [5.74, 6) is 0.289. The van der Waals surface area contributed by atoms with E-state index in [1.165, 1.54) is 6.42 Å². The second-order valence-corrected chi connectivity index (χ2v) is 6.20. The Morgan fingerprint density at radius 3 is 2.42 bits per heavy atom. The van der Waals surface area contributed by atoms with Crippen LogP contribution in [0.25, 0.3) is 0 Å². The Kier molecular flexibility index (Phi) is 5.63. The molecule has 5 heteroatoms. The molecule has 2 N–H and O–H groups in total. The molecule has 1 aliphatic rings. The van der Waals surface area contributed by atoms with Crippen LogP contribution in [0.15, 0.2) is 0 Å². The number of carboxylic acids is 1. The van der Waals surface area contributed by atoms with Gasteiger partial charge in [-0.2, -0.15) is 0 Å². The fraction of sp³-hybridized carbons (Fsp3) is 0.857. The Balaban J connectivity index is 2.31. The van der Waals surface area contributed by atoms with Crippen molar-refractivity contribution in [2.24, 2.45) is 23.7 Å². The number of carbonyl (C=O) groups excluding carboxylic acids is 1. The van der Waals surface area contributed by atoms with E-state index in [0.717, 1.165) is 6.54 Å². The molecule has 0 spiro atoms. The number of carbonyl (C=O) groups is 2. The van der Waals surface area contributed by atoms with Gasteiger partial charge in [0, 0.05) is 20.1 Å². The summed E-state index contributed by atoms with van der Waals surface area (Å²) in [6.45, 7) is 7.11. The Morgan fingerprint density at radius 1 is 1.42 bits per heavy atom. The van der Waals surface area contributed by atoms with Crippen molar-refractivity contribution in [2.75, 3.05) is 20.1 Å². The lowest BCUT2D eigenvalue weighted by molar-refractivity contribution is -0.142. The quantitative estimate of drug-likeness (QED) is 0.743. The molecule has 1 saturated carbocycles. The van der Waals surface area contributed by atoms with E-state index in [0.29, 0.717) is 24.2 Å². The molecule has 0 bridgehead atoms. The van der Waals surface area contributed by atoms with Gasteiger partial charge in [-0.15, -0.1) is 0 Å². The van der Waals surface area contributed by atoms with Crippen molar-refractivity contribution in [3.63, 3.8) is 0 Å². The van der Waals surface area contributed by atoms with Gasteiger partial charge in [0.2, 0.25) is 0 Å². The van der Waals surface area contributed by atoms with E-state index in [-0.39, 0.29) is 12.6 Å². The first-order valence-corrected chi connectivity index (χ1v) is 7.03. The lowest BCUT2D eigenvalue weighted by Crippen LogP contribution is -2.42. The zero-order valence-electron chi connectivity index (χ0n) is 12.3. The van der Waals surface area contributed by atoms with E-state index >= 15 is 0 Å². The van der Waals surface area contributed by atoms with Gasteiger partial charge in [-0.3, -0.25) is 4.79 Å². The largest absolute Gasteiger partial charge is 0.481 e. The molecule has 0 heterocycles. The molecule has 1 rings (SSSR count). The normalized spacial score (nSPS) is 23.0. The third-order valence-corrected chi connectivity index (χ3v) is 3.74. The topological polar surface area (TPSA) is 69.6 Å². The predicted octanol–water partition coefficient (Wildman–Crippen LogP) is 2.03. The smallest absolute Gasteiger partial charge is 0.317 e. The SMILES string of the molecule is CC(C)CC(CNC(=O)N(C)CC1CC1C)C(=O)O. The Morgan fingerprint density at radius 2 is 2.00 bits per heavy atom. The zero-order valence-corrected chi connectivity index (χ0v) is 12.3. The first kappa shape index (κ1) is 15.8. The molecule has 0 aliphatic heterocycles. The summed E-state index contributed by atoms with van der Waals surface area (Å²) >= 11 is 0. The standard InChI is InChI=1S/C14H26N2O3/c1-9(2)5-11(13(17)18)7-15-14(19)16(4)8-12-6-10(12)3/h9-12H,5-8H2,1-4H3,(H,15,19)(H,17,18). The number of carboxylic acid groups (broad SMARTS) is 1. The molecule has 0 radical (unpaired) electrons. The van der Waals surface area contributed by atoms with E-state index in [9.17, 15) is 9.59 Å². The van der Waals surface area contributed by atoms with E-state index in [4.69, 9.17) is 5.11 Å². The molecule has 3 atom stereocenters. The van der Waals surface area contributed by atoms with Crippen LogP contribution in [0.5, 0.6) is 0 Å². The molecular formula is C14H26N2O3. The minimum atomic E-state index is -0.840. The molecule has 0 aromatic rings. The first-order valence-electron chi connectivity index (χ1n) is 7.03. The Labute approximate surface area is 115 Å². The van der Waals surface area contributed by atoms with Crippen LogP contribution in [0, 0.1) is 23.7 Å². The van der Waals surface area contributed by atoms with E-state index in [1.807, 2.05) is 13.8 Å². The van der Waals surface area contributed by atoms with Crippen molar-refractivity contribution in [3.05, 3.63) is 0 Å². The van der Waals surface area contributed by atoms with Crippen molar-refractivity contribution in [2.45, 2.75) is 33.6 Å². The summed E-state index contributed by atoms with van der Waals surface area (Å²) in [6, 6.07) is -0.172. The van der Waals surface area contributed by atoms with Gasteiger partial charge in [0.15, 0.2) is 0 Å². The summed E-state index contributed by atoms with van der Waals surface area (Å²) in [5.41, 5.74) is 0. The third-order valence-electron chi connectivity index (χ3n) is 3.74. The van der Waals surface area contributed by atoms with Gasteiger partial charge in [0.05, 0.1) is 5.92 Å². The van der Waals surface area contributed by atoms with Crippen LogP contribution in [-0.4, -0.2) is 42.1 Å². The van der Waals surface area contributed by atoms with Crippen LogP contribution in [0.2, 0.25) is 0 Å². The predicted molar refractivity (Wildman–Crippen MR) is 73.9 cm³/mol. The molecule has 110 valence electrons. The van der Waals surface area contributed by atoms with Crippen LogP contribution in [0.4, 0.5) is 4.79 Å². The number of urea groups is 1. The van der Waals surface area contributed by atoms with Crippen LogP contribution < -0.4 is 5.32 Å². The van der Waals surface area contributed by atoms with Crippen LogP contribution in [0.3, 0.4) is 0 Å². The molecule has 0 aromatic heterocycles. The molecule has 3 unspecified atom stereocenters. The van der Waals surface area contributed by atoms with Gasteiger partial charge >= 0.3 is 12.0 Å². The van der Waals surface area contributed by atoms with E-state index < -0.39 is 11.9 Å². The molecule has 19 heavy (non-hydrogen) atoms. The fourth-order valence-electron chi connectivity index (χ4n) is 2.27. The average molecular weight is 270 g/mol. The number of nitrogens with zero attached hydrogens (tertiary/aromatic N) is 1. The highest BCUT2D eigenvalue weighted by atomic mass is 16.4. The van der Waals surface area contributed by atoms with Gasteiger partial charge in [-0.1, -0.05) is 20.8 Å². The zero-order chi connectivity index (χ0) is 14.6. The number of amides is 2. The summed E-state index contributed by atoms with van der Waals surface area (Å²) in [6.07, 6.45) is 1.77. The third kappa shape index (κ3) is 5.49. The summed E-state index contributed by atoms with van der Waals surface area (Å²) < 4.78 is 0. The highest BCUT2D eigenvalue weighted by Gasteiger charge is 2.34. The summed E-state index contributed by atoms with van der Waals surface area (Å²) in [7, 11) is 1.76. The van der Waals surface area contributed by atoms with Crippen molar-refractivity contribution in [3.8, 4) is 0 Å². The lowest BCUT2D eigenvalue weighted by Gasteiger charge is -2.20. The summed E-state index contributed by atoms with van der Waals surface area (Å²) in [4.78, 5) is 24.6. The first-order chi connectivity index (χ1) is 8.81. The average Bonchev–Trinajstić information content (AvgIpc) is 2.98. The van der Waals surface area contributed by atoms with Crippen molar-refractivity contribution >= 4 is 12.0 Å². The number of hydrogen-bond acceptors (Lipinski definition) is 2. The molecule has 2 amide bonds. The second kappa shape index (κ2) is 6.78. The van der Waals surface area contributed by atoms with Crippen molar-refractivity contribution in [1.82, 2.24) is 10.2 Å². The highest BCUT2D eigenvalue weighted by Crippen LogP contribution is 2.37. The summed E-state index contributed by atoms with van der Waals surface area (Å²) in [5, 5.41) is 11.8. The minimum Gasteiger partial charge on any atom is -0.481 e. The monoisotopic (exact) mass is 270 g/mol. The van der Waals surface area contributed by atoms with E-state index in [1.54, 1.807) is 11.9 Å². The van der Waals surface area contributed by atoms with Gasteiger partial charge in [0.25, 0.3) is 0 Å². The Bertz CT molecular complexity index is 331. The molecule has 0 aromatic carbocycles. The van der Waals surface area contributed by atoms with Gasteiger partial charge in [-0.05, 0) is 30.6 Å². The molecule has 1 fully saturated rings. The maximum Gasteiger partial charge on any atom is 0.317 e. The second-order valence-electron chi connectivity index (χ2n) is 6.20.